The van der Waals surface area contributed by atoms with Crippen LogP contribution in [0.25, 0.3) is 0 Å². The fraction of sp³-hybridized carbons (Fsp3) is 0.400. The highest BCUT2D eigenvalue weighted by Crippen LogP contribution is 2.46. The smallest absolute Gasteiger partial charge is 0.227 e. The third-order valence-corrected chi connectivity index (χ3v) is 6.51. The van der Waals surface area contributed by atoms with Gasteiger partial charge in [-0.1, -0.05) is 12.1 Å². The Hall–Kier alpha value is -2.21. The fourth-order valence-electron chi connectivity index (χ4n) is 3.56. The summed E-state index contributed by atoms with van der Waals surface area (Å²) >= 11 is 1.94. The highest BCUT2D eigenvalue weighted by molar-refractivity contribution is 8.01. The number of likely N-dealkylation sites (tertiary alicyclic amines) is 1. The standard InChI is InChI=1S/C20H22N2O3S/c1-24-16-6-4-15(5-7-16)9-19(23)22-13-20(14-22)10-18(12-26-20)25-17-3-2-8-21-11-17/h2-8,11,18H,9-10,12-14H2,1H3/t18-/m1/s1. The number of methoxy groups -OCH3 is 1. The van der Waals surface area contributed by atoms with Gasteiger partial charge in [0.25, 0.3) is 0 Å². The zero-order chi connectivity index (χ0) is 18.0. The Balaban J connectivity index is 1.27. The maximum absolute atomic E-state index is 12.5. The van der Waals surface area contributed by atoms with E-state index < -0.39 is 0 Å². The van der Waals surface area contributed by atoms with Crippen molar-refractivity contribution in [2.75, 3.05) is 26.0 Å². The number of benzene rings is 1. The first kappa shape index (κ1) is 17.2. The number of nitrogens with zero attached hydrogens (tertiary/aromatic N) is 2. The lowest BCUT2D eigenvalue weighted by Crippen LogP contribution is -2.61. The normalized spacial score (nSPS) is 20.7. The zero-order valence-corrected chi connectivity index (χ0v) is 15.6. The molecule has 2 aliphatic heterocycles. The molecular formula is C20H22N2O3S. The molecule has 2 saturated heterocycles. The van der Waals surface area contributed by atoms with E-state index in [9.17, 15) is 4.79 Å². The molecule has 1 aromatic heterocycles. The molecule has 2 fully saturated rings. The number of carbonyl (C=O) groups is 1. The first-order valence-electron chi connectivity index (χ1n) is 8.77. The van der Waals surface area contributed by atoms with Crippen LogP contribution in [0.5, 0.6) is 11.5 Å². The van der Waals surface area contributed by atoms with Gasteiger partial charge in [-0.25, -0.2) is 0 Å². The Labute approximate surface area is 157 Å². The summed E-state index contributed by atoms with van der Waals surface area (Å²) < 4.78 is 11.3. The van der Waals surface area contributed by atoms with Crippen LogP contribution in [0.15, 0.2) is 48.8 Å². The van der Waals surface area contributed by atoms with E-state index in [0.717, 1.165) is 42.3 Å². The van der Waals surface area contributed by atoms with Crippen LogP contribution in [-0.4, -0.2) is 52.6 Å². The minimum Gasteiger partial charge on any atom is -0.497 e. The van der Waals surface area contributed by atoms with Crippen LogP contribution in [-0.2, 0) is 11.2 Å². The van der Waals surface area contributed by atoms with Crippen molar-refractivity contribution in [3.05, 3.63) is 54.4 Å². The second-order valence-electron chi connectivity index (χ2n) is 6.90. The van der Waals surface area contributed by atoms with Gasteiger partial charge in [-0.15, -0.1) is 11.8 Å². The molecule has 136 valence electrons. The number of pyridine rings is 1. The summed E-state index contributed by atoms with van der Waals surface area (Å²) in [6, 6.07) is 11.5. The van der Waals surface area contributed by atoms with Gasteiger partial charge in [-0.3, -0.25) is 9.78 Å². The summed E-state index contributed by atoms with van der Waals surface area (Å²) in [5.74, 6) is 2.79. The minimum absolute atomic E-state index is 0.169. The number of thioether (sulfide) groups is 1. The van der Waals surface area contributed by atoms with Crippen molar-refractivity contribution < 1.29 is 14.3 Å². The molecule has 26 heavy (non-hydrogen) atoms. The summed E-state index contributed by atoms with van der Waals surface area (Å²) in [6.07, 6.45) is 5.12. The molecular weight excluding hydrogens is 348 g/mol. The SMILES string of the molecule is COc1ccc(CC(=O)N2CC3(C[C@@H](Oc4cccnc4)CS3)C2)cc1. The Morgan fingerprint density at radius 2 is 2.08 bits per heavy atom. The molecule has 1 amide bonds. The van der Waals surface area contributed by atoms with Gasteiger partial charge in [-0.2, -0.15) is 0 Å². The first-order valence-corrected chi connectivity index (χ1v) is 9.76. The summed E-state index contributed by atoms with van der Waals surface area (Å²) in [5, 5.41) is 0. The lowest BCUT2D eigenvalue weighted by molar-refractivity contribution is -0.135. The van der Waals surface area contributed by atoms with Crippen molar-refractivity contribution >= 4 is 17.7 Å². The predicted molar refractivity (Wildman–Crippen MR) is 102 cm³/mol. The summed E-state index contributed by atoms with van der Waals surface area (Å²) in [7, 11) is 1.64. The fourth-order valence-corrected chi connectivity index (χ4v) is 5.09. The van der Waals surface area contributed by atoms with Crippen LogP contribution < -0.4 is 9.47 Å². The molecule has 1 atom stereocenters. The van der Waals surface area contributed by atoms with E-state index in [1.165, 1.54) is 0 Å². The topological polar surface area (TPSA) is 51.7 Å². The van der Waals surface area contributed by atoms with Gasteiger partial charge >= 0.3 is 0 Å². The Morgan fingerprint density at radius 1 is 1.27 bits per heavy atom. The molecule has 0 bridgehead atoms. The molecule has 0 radical (unpaired) electrons. The monoisotopic (exact) mass is 370 g/mol. The number of amides is 1. The molecule has 0 saturated carbocycles. The van der Waals surface area contributed by atoms with Crippen LogP contribution >= 0.6 is 11.8 Å². The van der Waals surface area contributed by atoms with E-state index in [-0.39, 0.29) is 16.8 Å². The number of hydrogen-bond donors (Lipinski definition) is 0. The van der Waals surface area contributed by atoms with Crippen LogP contribution in [0, 0.1) is 0 Å². The van der Waals surface area contributed by atoms with Crippen LogP contribution in [0.4, 0.5) is 0 Å². The van der Waals surface area contributed by atoms with Crippen LogP contribution in [0.1, 0.15) is 12.0 Å². The Kier molecular flexibility index (Phi) is 4.76. The predicted octanol–water partition coefficient (Wildman–Crippen LogP) is 2.80. The van der Waals surface area contributed by atoms with E-state index in [1.807, 2.05) is 53.1 Å². The zero-order valence-electron chi connectivity index (χ0n) is 14.8. The molecule has 1 spiro atoms. The van der Waals surface area contributed by atoms with Crippen LogP contribution in [0.2, 0.25) is 0 Å². The van der Waals surface area contributed by atoms with Gasteiger partial charge in [-0.05, 0) is 29.8 Å². The average molecular weight is 370 g/mol. The highest BCUT2D eigenvalue weighted by Gasteiger charge is 2.51. The lowest BCUT2D eigenvalue weighted by atomic mass is 9.92. The van der Waals surface area contributed by atoms with E-state index in [4.69, 9.17) is 9.47 Å². The van der Waals surface area contributed by atoms with Gasteiger partial charge < -0.3 is 14.4 Å². The maximum atomic E-state index is 12.5. The molecule has 2 aromatic rings. The summed E-state index contributed by atoms with van der Waals surface area (Å²) in [5.41, 5.74) is 1.02. The van der Waals surface area contributed by atoms with Gasteiger partial charge in [0.05, 0.1) is 24.5 Å². The van der Waals surface area contributed by atoms with Crippen molar-refractivity contribution in [3.63, 3.8) is 0 Å². The first-order chi connectivity index (χ1) is 12.7. The van der Waals surface area contributed by atoms with Gasteiger partial charge in [0.1, 0.15) is 17.6 Å². The molecule has 6 heteroatoms. The summed E-state index contributed by atoms with van der Waals surface area (Å²) in [6.45, 7) is 1.64. The molecule has 2 aliphatic rings. The molecule has 0 aliphatic carbocycles. The number of rotatable bonds is 5. The average Bonchev–Trinajstić information content (AvgIpc) is 3.06. The third-order valence-electron chi connectivity index (χ3n) is 4.94. The quantitative estimate of drug-likeness (QED) is 0.810. The molecule has 0 unspecified atom stereocenters. The third kappa shape index (κ3) is 3.65. The van der Waals surface area contributed by atoms with E-state index >= 15 is 0 Å². The molecule has 0 N–H and O–H groups in total. The molecule has 5 nitrogen and oxygen atoms in total. The summed E-state index contributed by atoms with van der Waals surface area (Å²) in [4.78, 5) is 18.6. The minimum atomic E-state index is 0.169. The molecule has 1 aromatic carbocycles. The number of hydrogen-bond acceptors (Lipinski definition) is 5. The van der Waals surface area contributed by atoms with E-state index in [0.29, 0.717) is 6.42 Å². The molecule has 3 heterocycles. The highest BCUT2D eigenvalue weighted by atomic mass is 32.2. The lowest BCUT2D eigenvalue weighted by Gasteiger charge is -2.47. The van der Waals surface area contributed by atoms with E-state index in [1.54, 1.807) is 19.5 Å². The van der Waals surface area contributed by atoms with Crippen molar-refractivity contribution in [3.8, 4) is 11.5 Å². The van der Waals surface area contributed by atoms with Crippen molar-refractivity contribution in [1.82, 2.24) is 9.88 Å². The van der Waals surface area contributed by atoms with Crippen molar-refractivity contribution in [1.29, 1.82) is 0 Å². The number of aromatic nitrogens is 1. The number of ether oxygens (including phenoxy) is 2. The largest absolute Gasteiger partial charge is 0.497 e. The second kappa shape index (κ2) is 7.19. The van der Waals surface area contributed by atoms with Gasteiger partial charge in [0.2, 0.25) is 5.91 Å². The maximum Gasteiger partial charge on any atom is 0.227 e. The Bertz CT molecular complexity index is 760. The van der Waals surface area contributed by atoms with Crippen molar-refractivity contribution in [2.45, 2.75) is 23.7 Å². The number of carbonyl (C=O) groups excluding carboxylic acids is 1. The van der Waals surface area contributed by atoms with E-state index in [2.05, 4.69) is 4.98 Å². The van der Waals surface area contributed by atoms with Crippen LogP contribution in [0.3, 0.4) is 0 Å². The second-order valence-corrected chi connectivity index (χ2v) is 8.39. The molecule has 4 rings (SSSR count). The van der Waals surface area contributed by atoms with Gasteiger partial charge in [0.15, 0.2) is 0 Å². The van der Waals surface area contributed by atoms with Gasteiger partial charge in [0, 0.05) is 31.5 Å². The van der Waals surface area contributed by atoms with Crippen molar-refractivity contribution in [2.24, 2.45) is 0 Å². The Morgan fingerprint density at radius 3 is 2.77 bits per heavy atom.